The summed E-state index contributed by atoms with van der Waals surface area (Å²) in [7, 11) is 0. The van der Waals surface area contributed by atoms with Gasteiger partial charge in [-0.15, -0.1) is 0 Å². The fourth-order valence-electron chi connectivity index (χ4n) is 4.43. The molecule has 1 N–H and O–H groups in total. The molecule has 1 aromatic rings. The lowest BCUT2D eigenvalue weighted by molar-refractivity contribution is -0.216. The number of rotatable bonds is 4. The first-order valence-corrected chi connectivity index (χ1v) is 9.56. The number of ether oxygens (including phenoxy) is 1. The van der Waals surface area contributed by atoms with Crippen LogP contribution in [0, 0.1) is 5.92 Å². The molecule has 24 heavy (non-hydrogen) atoms. The van der Waals surface area contributed by atoms with Gasteiger partial charge in [0.05, 0.1) is 6.10 Å². The van der Waals surface area contributed by atoms with Gasteiger partial charge in [-0.2, -0.15) is 0 Å². The second-order valence-electron chi connectivity index (χ2n) is 7.78. The summed E-state index contributed by atoms with van der Waals surface area (Å²) in [4.78, 5) is 4.78. The normalized spacial score (nSPS) is 31.4. The van der Waals surface area contributed by atoms with E-state index in [4.69, 9.17) is 4.74 Å². The molecule has 4 heteroatoms. The van der Waals surface area contributed by atoms with Gasteiger partial charge < -0.3 is 9.84 Å². The van der Waals surface area contributed by atoms with Crippen molar-refractivity contribution in [2.24, 2.45) is 5.92 Å². The van der Waals surface area contributed by atoms with E-state index in [-0.39, 0.29) is 5.60 Å². The lowest BCUT2D eigenvalue weighted by atomic mass is 9.89. The summed E-state index contributed by atoms with van der Waals surface area (Å²) in [6.45, 7) is 7.31. The van der Waals surface area contributed by atoms with Crippen LogP contribution in [0.4, 0.5) is 0 Å². The van der Waals surface area contributed by atoms with Crippen molar-refractivity contribution in [3.8, 4) is 0 Å². The number of aliphatic hydroxyl groups is 1. The van der Waals surface area contributed by atoms with Crippen LogP contribution in [-0.2, 0) is 11.3 Å². The van der Waals surface area contributed by atoms with Crippen molar-refractivity contribution < 1.29 is 9.84 Å². The molecule has 132 valence electrons. The first kappa shape index (κ1) is 16.5. The van der Waals surface area contributed by atoms with Gasteiger partial charge in [0.2, 0.25) is 0 Å². The molecule has 0 bridgehead atoms. The average molecular weight is 330 g/mol. The van der Waals surface area contributed by atoms with Crippen molar-refractivity contribution in [2.75, 3.05) is 26.2 Å². The zero-order chi connectivity index (χ0) is 16.6. The second kappa shape index (κ2) is 6.75. The SMILES string of the molecule is CCN1C[C@@H](C2CCN(Cc3ccccc3)CC2)OC2(CC2)C1O. The molecule has 1 saturated carbocycles. The van der Waals surface area contributed by atoms with Crippen LogP contribution in [0.1, 0.15) is 38.2 Å². The summed E-state index contributed by atoms with van der Waals surface area (Å²) in [5.74, 6) is 0.635. The fourth-order valence-corrected chi connectivity index (χ4v) is 4.43. The van der Waals surface area contributed by atoms with Gasteiger partial charge in [-0.25, -0.2) is 0 Å². The standard InChI is InChI=1S/C20H30N2O2/c1-2-22-15-18(24-20(10-11-20)19(22)23)17-8-12-21(13-9-17)14-16-6-4-3-5-7-16/h3-7,17-19,23H,2,8-15H2,1H3/t18-,19?/m0/s1. The highest BCUT2D eigenvalue weighted by Gasteiger charge is 2.57. The van der Waals surface area contributed by atoms with Crippen molar-refractivity contribution in [1.29, 1.82) is 0 Å². The van der Waals surface area contributed by atoms with E-state index in [1.54, 1.807) is 0 Å². The van der Waals surface area contributed by atoms with E-state index in [1.165, 1.54) is 18.4 Å². The van der Waals surface area contributed by atoms with Crippen LogP contribution in [0.15, 0.2) is 30.3 Å². The Labute approximate surface area is 145 Å². The predicted molar refractivity (Wildman–Crippen MR) is 94.5 cm³/mol. The third-order valence-electron chi connectivity index (χ3n) is 6.17. The zero-order valence-electron chi connectivity index (χ0n) is 14.7. The van der Waals surface area contributed by atoms with E-state index in [1.807, 2.05) is 0 Å². The van der Waals surface area contributed by atoms with E-state index < -0.39 is 6.23 Å². The van der Waals surface area contributed by atoms with Crippen LogP contribution in [-0.4, -0.2) is 59.0 Å². The Morgan fingerprint density at radius 1 is 1.17 bits per heavy atom. The highest BCUT2D eigenvalue weighted by Crippen LogP contribution is 2.48. The Bertz CT molecular complexity index is 538. The van der Waals surface area contributed by atoms with Gasteiger partial charge >= 0.3 is 0 Å². The number of hydrogen-bond donors (Lipinski definition) is 1. The van der Waals surface area contributed by atoms with Gasteiger partial charge in [0.15, 0.2) is 0 Å². The molecule has 2 atom stereocenters. The smallest absolute Gasteiger partial charge is 0.136 e. The topological polar surface area (TPSA) is 35.9 Å². The number of morpholine rings is 1. The first-order chi connectivity index (χ1) is 11.7. The second-order valence-corrected chi connectivity index (χ2v) is 7.78. The number of likely N-dealkylation sites (tertiary alicyclic amines) is 1. The Balaban J connectivity index is 1.32. The Kier molecular flexibility index (Phi) is 4.65. The summed E-state index contributed by atoms with van der Waals surface area (Å²) in [5, 5.41) is 10.5. The molecule has 1 unspecified atom stereocenters. The van der Waals surface area contributed by atoms with Gasteiger partial charge in [0.25, 0.3) is 0 Å². The zero-order valence-corrected chi connectivity index (χ0v) is 14.7. The van der Waals surface area contributed by atoms with E-state index >= 15 is 0 Å². The molecule has 1 spiro atoms. The summed E-state index contributed by atoms with van der Waals surface area (Å²) < 4.78 is 6.41. The maximum Gasteiger partial charge on any atom is 0.136 e. The summed E-state index contributed by atoms with van der Waals surface area (Å²) in [5.41, 5.74) is 1.17. The van der Waals surface area contributed by atoms with Gasteiger partial charge in [0, 0.05) is 13.1 Å². The van der Waals surface area contributed by atoms with Crippen molar-refractivity contribution >= 4 is 0 Å². The molecule has 0 amide bonds. The van der Waals surface area contributed by atoms with Crippen LogP contribution in [0.25, 0.3) is 0 Å². The number of aliphatic hydroxyl groups excluding tert-OH is 1. The molecule has 2 saturated heterocycles. The van der Waals surface area contributed by atoms with Gasteiger partial charge in [0.1, 0.15) is 11.8 Å². The minimum absolute atomic E-state index is 0.236. The molecule has 1 aliphatic carbocycles. The van der Waals surface area contributed by atoms with Gasteiger partial charge in [-0.1, -0.05) is 37.3 Å². The maximum absolute atomic E-state index is 10.5. The van der Waals surface area contributed by atoms with E-state index in [0.29, 0.717) is 12.0 Å². The highest BCUT2D eigenvalue weighted by molar-refractivity contribution is 5.14. The van der Waals surface area contributed by atoms with Crippen molar-refractivity contribution in [2.45, 2.75) is 57.1 Å². The number of likely N-dealkylation sites (N-methyl/N-ethyl adjacent to an activating group) is 1. The van der Waals surface area contributed by atoms with Crippen LogP contribution < -0.4 is 0 Å². The van der Waals surface area contributed by atoms with Crippen LogP contribution in [0.5, 0.6) is 0 Å². The Hall–Kier alpha value is -0.940. The maximum atomic E-state index is 10.5. The van der Waals surface area contributed by atoms with E-state index in [2.05, 4.69) is 47.1 Å². The minimum atomic E-state index is -0.392. The third kappa shape index (κ3) is 3.25. The lowest BCUT2D eigenvalue weighted by Crippen LogP contribution is -2.58. The third-order valence-corrected chi connectivity index (χ3v) is 6.17. The fraction of sp³-hybridized carbons (Fsp3) is 0.700. The van der Waals surface area contributed by atoms with Gasteiger partial charge in [-0.3, -0.25) is 9.80 Å². The number of nitrogens with zero attached hydrogens (tertiary/aromatic N) is 2. The van der Waals surface area contributed by atoms with E-state index in [0.717, 1.165) is 45.6 Å². The summed E-state index contributed by atoms with van der Waals surface area (Å²) >= 11 is 0. The predicted octanol–water partition coefficient (Wildman–Crippen LogP) is 2.47. The van der Waals surface area contributed by atoms with Crippen molar-refractivity contribution in [3.63, 3.8) is 0 Å². The van der Waals surface area contributed by atoms with Crippen molar-refractivity contribution in [1.82, 2.24) is 9.80 Å². The molecule has 1 aromatic carbocycles. The van der Waals surface area contributed by atoms with Crippen LogP contribution in [0.2, 0.25) is 0 Å². The molecule has 2 heterocycles. The molecular formula is C20H30N2O2. The van der Waals surface area contributed by atoms with Crippen molar-refractivity contribution in [3.05, 3.63) is 35.9 Å². The minimum Gasteiger partial charge on any atom is -0.375 e. The monoisotopic (exact) mass is 330 g/mol. The number of benzene rings is 1. The molecule has 4 rings (SSSR count). The first-order valence-electron chi connectivity index (χ1n) is 9.56. The molecule has 4 nitrogen and oxygen atoms in total. The molecule has 0 radical (unpaired) electrons. The highest BCUT2D eigenvalue weighted by atomic mass is 16.5. The van der Waals surface area contributed by atoms with Crippen LogP contribution >= 0.6 is 0 Å². The molecule has 0 aromatic heterocycles. The number of piperidine rings is 1. The van der Waals surface area contributed by atoms with Gasteiger partial charge in [-0.05, 0) is 56.8 Å². The lowest BCUT2D eigenvalue weighted by Gasteiger charge is -2.46. The van der Waals surface area contributed by atoms with E-state index in [9.17, 15) is 5.11 Å². The summed E-state index contributed by atoms with van der Waals surface area (Å²) in [6, 6.07) is 10.8. The largest absolute Gasteiger partial charge is 0.375 e. The van der Waals surface area contributed by atoms with Crippen LogP contribution in [0.3, 0.4) is 0 Å². The molecular weight excluding hydrogens is 300 g/mol. The molecule has 3 aliphatic rings. The molecule has 3 fully saturated rings. The average Bonchev–Trinajstić information content (AvgIpc) is 3.39. The summed E-state index contributed by atoms with van der Waals surface area (Å²) in [6.07, 6.45) is 4.37. The molecule has 2 aliphatic heterocycles. The Morgan fingerprint density at radius 3 is 2.50 bits per heavy atom. The number of hydrogen-bond acceptors (Lipinski definition) is 4. The Morgan fingerprint density at radius 2 is 1.88 bits per heavy atom. The quantitative estimate of drug-likeness (QED) is 0.920.